The summed E-state index contributed by atoms with van der Waals surface area (Å²) < 4.78 is 8.55. The van der Waals surface area contributed by atoms with E-state index < -0.39 is 12.1 Å². The second-order valence-corrected chi connectivity index (χ2v) is 1.55. The van der Waals surface area contributed by atoms with Gasteiger partial charge in [-0.25, -0.2) is 9.59 Å². The average molecular weight is 159 g/mol. The summed E-state index contributed by atoms with van der Waals surface area (Å²) in [7, 11) is 2.54. The number of carbonyl (C=O) groups is 2. The van der Waals surface area contributed by atoms with Crippen LogP contribution >= 0.6 is 0 Å². The third-order valence-corrected chi connectivity index (χ3v) is 0.833. The fourth-order valence-electron chi connectivity index (χ4n) is 0.318. The summed E-state index contributed by atoms with van der Waals surface area (Å²) in [5.41, 5.74) is 0. The van der Waals surface area contributed by atoms with E-state index in [0.29, 0.717) is 0 Å². The van der Waals surface area contributed by atoms with E-state index in [9.17, 15) is 9.59 Å². The molecule has 62 valence electrons. The van der Waals surface area contributed by atoms with Crippen LogP contribution in [-0.2, 0) is 14.3 Å². The van der Waals surface area contributed by atoms with Crippen molar-refractivity contribution in [3.8, 4) is 0 Å². The maximum Gasteiger partial charge on any atom is 0.412 e. The third-order valence-electron chi connectivity index (χ3n) is 0.833. The Hall–Kier alpha value is -1.52. The summed E-state index contributed by atoms with van der Waals surface area (Å²) in [6, 6.07) is 0. The van der Waals surface area contributed by atoms with Crippen LogP contribution in [-0.4, -0.2) is 26.2 Å². The van der Waals surface area contributed by atoms with Crippen LogP contribution in [0.3, 0.4) is 0 Å². The van der Waals surface area contributed by atoms with Gasteiger partial charge in [0, 0.05) is 7.05 Å². The van der Waals surface area contributed by atoms with Gasteiger partial charge >= 0.3 is 12.1 Å². The lowest BCUT2D eigenvalue weighted by Crippen LogP contribution is -2.21. The molecule has 0 aliphatic carbocycles. The van der Waals surface area contributed by atoms with Crippen LogP contribution in [0.25, 0.3) is 0 Å². The lowest BCUT2D eigenvalue weighted by molar-refractivity contribution is -0.139. The van der Waals surface area contributed by atoms with Crippen LogP contribution in [0.1, 0.15) is 0 Å². The standard InChI is InChI=1S/C6H9NO4/c1-4(5(8)10-3)11-6(9)7-2/h1H2,2-3H3,(H,7,9). The van der Waals surface area contributed by atoms with Crippen LogP contribution in [0.4, 0.5) is 4.79 Å². The van der Waals surface area contributed by atoms with E-state index in [1.165, 1.54) is 14.2 Å². The number of carbonyl (C=O) groups excluding carboxylic acids is 2. The molecule has 0 fully saturated rings. The number of rotatable bonds is 2. The molecule has 0 aromatic heterocycles. The van der Waals surface area contributed by atoms with E-state index in [0.717, 1.165) is 0 Å². The van der Waals surface area contributed by atoms with Gasteiger partial charge in [-0.2, -0.15) is 0 Å². The molecule has 5 heteroatoms. The second kappa shape index (κ2) is 4.32. The summed E-state index contributed by atoms with van der Waals surface area (Å²) in [5, 5.41) is 2.15. The van der Waals surface area contributed by atoms with Crippen molar-refractivity contribution in [1.82, 2.24) is 5.32 Å². The Balaban J connectivity index is 3.88. The number of amides is 1. The second-order valence-electron chi connectivity index (χ2n) is 1.55. The molecular formula is C6H9NO4. The first-order chi connectivity index (χ1) is 5.11. The molecule has 1 amide bonds. The van der Waals surface area contributed by atoms with Gasteiger partial charge in [0.25, 0.3) is 0 Å². The van der Waals surface area contributed by atoms with Crippen LogP contribution in [0, 0.1) is 0 Å². The number of esters is 1. The molecule has 0 aromatic rings. The Labute approximate surface area is 64.0 Å². The predicted octanol–water partition coefficient (Wildman–Crippen LogP) is 0.0291. The van der Waals surface area contributed by atoms with Crippen LogP contribution in [0.2, 0.25) is 0 Å². The van der Waals surface area contributed by atoms with E-state index >= 15 is 0 Å². The topological polar surface area (TPSA) is 64.6 Å². The average Bonchev–Trinajstić information content (AvgIpc) is 2.02. The molecule has 0 aliphatic rings. The van der Waals surface area contributed by atoms with Gasteiger partial charge in [-0.3, -0.25) is 0 Å². The fourth-order valence-corrected chi connectivity index (χ4v) is 0.318. The normalized spacial score (nSPS) is 8.18. The van der Waals surface area contributed by atoms with Gasteiger partial charge in [0.2, 0.25) is 5.76 Å². The SMILES string of the molecule is C=C(OC(=O)NC)C(=O)OC. The zero-order valence-electron chi connectivity index (χ0n) is 6.34. The molecule has 0 saturated heterocycles. The summed E-state index contributed by atoms with van der Waals surface area (Å²) in [6.45, 7) is 3.16. The zero-order valence-corrected chi connectivity index (χ0v) is 6.34. The zero-order chi connectivity index (χ0) is 8.85. The smallest absolute Gasteiger partial charge is 0.412 e. The first-order valence-electron chi connectivity index (χ1n) is 2.78. The van der Waals surface area contributed by atoms with Crippen LogP contribution < -0.4 is 5.32 Å². The molecule has 0 aromatic carbocycles. The number of hydrogen-bond donors (Lipinski definition) is 1. The Bertz CT molecular complexity index is 187. The van der Waals surface area contributed by atoms with Gasteiger partial charge in [-0.1, -0.05) is 0 Å². The highest BCUT2D eigenvalue weighted by atomic mass is 16.6. The number of alkyl carbamates (subject to hydrolysis) is 1. The molecule has 1 N–H and O–H groups in total. The van der Waals surface area contributed by atoms with Gasteiger partial charge in [0.15, 0.2) is 0 Å². The van der Waals surface area contributed by atoms with Crippen molar-refractivity contribution >= 4 is 12.1 Å². The van der Waals surface area contributed by atoms with E-state index in [4.69, 9.17) is 0 Å². The number of ether oxygens (including phenoxy) is 2. The van der Waals surface area contributed by atoms with Gasteiger partial charge in [-0.05, 0) is 6.58 Å². The van der Waals surface area contributed by atoms with E-state index in [1.54, 1.807) is 0 Å². The molecule has 0 aliphatic heterocycles. The number of hydrogen-bond acceptors (Lipinski definition) is 4. The number of methoxy groups -OCH3 is 1. The monoisotopic (exact) mass is 159 g/mol. The molecule has 0 radical (unpaired) electrons. The van der Waals surface area contributed by atoms with E-state index in [2.05, 4.69) is 21.4 Å². The molecule has 0 bridgehead atoms. The van der Waals surface area contributed by atoms with Crippen molar-refractivity contribution in [2.24, 2.45) is 0 Å². The van der Waals surface area contributed by atoms with Crippen LogP contribution in [0.5, 0.6) is 0 Å². The maximum atomic E-state index is 10.5. The van der Waals surface area contributed by atoms with Crippen molar-refractivity contribution in [1.29, 1.82) is 0 Å². The molecule has 0 heterocycles. The Morgan fingerprint density at radius 3 is 2.36 bits per heavy atom. The van der Waals surface area contributed by atoms with Gasteiger partial charge in [-0.15, -0.1) is 0 Å². The van der Waals surface area contributed by atoms with E-state index in [1.807, 2.05) is 0 Å². The van der Waals surface area contributed by atoms with Crippen molar-refractivity contribution in [2.75, 3.05) is 14.2 Å². The number of nitrogens with one attached hydrogen (secondary N) is 1. The summed E-state index contributed by atoms with van der Waals surface area (Å²) in [4.78, 5) is 21.0. The minimum absolute atomic E-state index is 0.341. The van der Waals surface area contributed by atoms with Crippen molar-refractivity contribution < 1.29 is 19.1 Å². The minimum Gasteiger partial charge on any atom is -0.463 e. The highest BCUT2D eigenvalue weighted by molar-refractivity contribution is 5.88. The Morgan fingerprint density at radius 1 is 1.45 bits per heavy atom. The molecule has 0 saturated carbocycles. The Kier molecular flexibility index (Phi) is 3.72. The van der Waals surface area contributed by atoms with Crippen molar-refractivity contribution in [3.63, 3.8) is 0 Å². The van der Waals surface area contributed by atoms with Crippen molar-refractivity contribution in [3.05, 3.63) is 12.3 Å². The molecule has 0 spiro atoms. The molecule has 5 nitrogen and oxygen atoms in total. The van der Waals surface area contributed by atoms with Gasteiger partial charge in [0.05, 0.1) is 7.11 Å². The van der Waals surface area contributed by atoms with Gasteiger partial charge < -0.3 is 14.8 Å². The van der Waals surface area contributed by atoms with E-state index in [-0.39, 0.29) is 5.76 Å². The lowest BCUT2D eigenvalue weighted by atomic mass is 10.6. The largest absolute Gasteiger partial charge is 0.463 e. The highest BCUT2D eigenvalue weighted by Gasteiger charge is 2.10. The minimum atomic E-state index is -0.770. The van der Waals surface area contributed by atoms with Crippen LogP contribution in [0.15, 0.2) is 12.3 Å². The fraction of sp³-hybridized carbons (Fsp3) is 0.333. The Morgan fingerprint density at radius 2 is 2.00 bits per heavy atom. The highest BCUT2D eigenvalue weighted by Crippen LogP contribution is 1.95. The third kappa shape index (κ3) is 3.24. The summed E-state index contributed by atoms with van der Waals surface area (Å²) in [6.07, 6.45) is -0.750. The lowest BCUT2D eigenvalue weighted by Gasteiger charge is -2.02. The quantitative estimate of drug-likeness (QED) is 0.350. The maximum absolute atomic E-state index is 10.5. The predicted molar refractivity (Wildman–Crippen MR) is 36.7 cm³/mol. The first kappa shape index (κ1) is 9.48. The van der Waals surface area contributed by atoms with Crippen molar-refractivity contribution in [2.45, 2.75) is 0 Å². The molecular weight excluding hydrogens is 150 g/mol. The molecule has 0 atom stereocenters. The molecule has 0 rings (SSSR count). The summed E-state index contributed by atoms with van der Waals surface area (Å²) >= 11 is 0. The molecule has 0 unspecified atom stereocenters. The molecule has 11 heavy (non-hydrogen) atoms. The summed E-state index contributed by atoms with van der Waals surface area (Å²) in [5.74, 6) is -1.11. The van der Waals surface area contributed by atoms with Gasteiger partial charge in [0.1, 0.15) is 0 Å². The first-order valence-corrected chi connectivity index (χ1v) is 2.78.